The van der Waals surface area contributed by atoms with Gasteiger partial charge < -0.3 is 10.6 Å². The second-order valence-electron chi connectivity index (χ2n) is 4.39. The normalized spacial score (nSPS) is 10.2. The van der Waals surface area contributed by atoms with Crippen molar-refractivity contribution >= 4 is 23.3 Å². The molecule has 0 fully saturated rings. The summed E-state index contributed by atoms with van der Waals surface area (Å²) in [6.07, 6.45) is 3.28. The molecule has 7 heteroatoms. The van der Waals surface area contributed by atoms with E-state index in [1.54, 1.807) is 24.5 Å². The van der Waals surface area contributed by atoms with Crippen molar-refractivity contribution in [1.82, 2.24) is 20.3 Å². The number of rotatable bonds is 5. The molecule has 110 valence electrons. The van der Waals surface area contributed by atoms with Crippen LogP contribution in [0.4, 0.5) is 5.82 Å². The summed E-state index contributed by atoms with van der Waals surface area (Å²) in [5.41, 5.74) is 1.69. The Morgan fingerprint density at radius 3 is 2.76 bits per heavy atom. The number of aryl methyl sites for hydroxylation is 1. The lowest BCUT2D eigenvalue weighted by Gasteiger charge is -2.08. The van der Waals surface area contributed by atoms with Gasteiger partial charge in [-0.2, -0.15) is 0 Å². The SMILES string of the molecule is CCNc1ccc(Cl)c(C(=O)NCc2cnc(C)cn2)n1. The average Bonchev–Trinajstić information content (AvgIpc) is 2.48. The van der Waals surface area contributed by atoms with Crippen LogP contribution in [0, 0.1) is 6.92 Å². The summed E-state index contributed by atoms with van der Waals surface area (Å²) < 4.78 is 0. The number of pyridine rings is 1. The van der Waals surface area contributed by atoms with E-state index in [4.69, 9.17) is 11.6 Å². The zero-order valence-corrected chi connectivity index (χ0v) is 12.6. The number of hydrogen-bond donors (Lipinski definition) is 2. The summed E-state index contributed by atoms with van der Waals surface area (Å²) in [4.78, 5) is 24.6. The molecule has 2 rings (SSSR count). The average molecular weight is 306 g/mol. The van der Waals surface area contributed by atoms with Gasteiger partial charge in [-0.15, -0.1) is 0 Å². The third-order valence-electron chi connectivity index (χ3n) is 2.68. The van der Waals surface area contributed by atoms with Crippen LogP contribution in [0.15, 0.2) is 24.5 Å². The molecule has 0 unspecified atom stereocenters. The largest absolute Gasteiger partial charge is 0.370 e. The van der Waals surface area contributed by atoms with Gasteiger partial charge in [0.1, 0.15) is 11.5 Å². The summed E-state index contributed by atoms with van der Waals surface area (Å²) in [5.74, 6) is 0.268. The summed E-state index contributed by atoms with van der Waals surface area (Å²) in [6.45, 7) is 4.79. The lowest BCUT2D eigenvalue weighted by molar-refractivity contribution is 0.0945. The molecule has 0 radical (unpaired) electrons. The number of hydrogen-bond acceptors (Lipinski definition) is 5. The number of halogens is 1. The molecular weight excluding hydrogens is 290 g/mol. The van der Waals surface area contributed by atoms with Gasteiger partial charge in [-0.3, -0.25) is 14.8 Å². The number of nitrogens with one attached hydrogen (secondary N) is 2. The van der Waals surface area contributed by atoms with Crippen LogP contribution in [0.3, 0.4) is 0 Å². The fourth-order valence-corrected chi connectivity index (χ4v) is 1.84. The van der Waals surface area contributed by atoms with E-state index in [1.807, 2.05) is 13.8 Å². The number of carbonyl (C=O) groups excluding carboxylic acids is 1. The van der Waals surface area contributed by atoms with Gasteiger partial charge >= 0.3 is 0 Å². The minimum atomic E-state index is -0.345. The third kappa shape index (κ3) is 4.13. The third-order valence-corrected chi connectivity index (χ3v) is 2.99. The smallest absolute Gasteiger partial charge is 0.271 e. The number of aromatic nitrogens is 3. The number of nitrogens with zero attached hydrogens (tertiary/aromatic N) is 3. The van der Waals surface area contributed by atoms with E-state index in [1.165, 1.54) is 0 Å². The van der Waals surface area contributed by atoms with E-state index >= 15 is 0 Å². The lowest BCUT2D eigenvalue weighted by atomic mass is 10.3. The summed E-state index contributed by atoms with van der Waals surface area (Å²) in [7, 11) is 0. The first-order valence-corrected chi connectivity index (χ1v) is 6.94. The molecule has 0 aromatic carbocycles. The van der Waals surface area contributed by atoms with Gasteiger partial charge in [0.15, 0.2) is 0 Å². The van der Waals surface area contributed by atoms with Gasteiger partial charge in [0.05, 0.1) is 29.2 Å². The van der Waals surface area contributed by atoms with Gasteiger partial charge in [0.25, 0.3) is 5.91 Å². The van der Waals surface area contributed by atoms with E-state index in [-0.39, 0.29) is 18.1 Å². The van der Waals surface area contributed by atoms with Gasteiger partial charge in [-0.25, -0.2) is 4.98 Å². The predicted octanol–water partition coefficient (Wildman–Crippen LogP) is 2.20. The maximum atomic E-state index is 12.1. The van der Waals surface area contributed by atoms with Crippen molar-refractivity contribution in [2.24, 2.45) is 0 Å². The minimum absolute atomic E-state index is 0.190. The highest BCUT2D eigenvalue weighted by molar-refractivity contribution is 6.33. The zero-order chi connectivity index (χ0) is 15.2. The number of carbonyl (C=O) groups is 1. The van der Waals surface area contributed by atoms with Gasteiger partial charge in [0.2, 0.25) is 0 Å². The standard InChI is InChI=1S/C14H16ClN5O/c1-3-16-12-5-4-11(15)13(20-12)14(21)19-8-10-7-17-9(2)6-18-10/h4-7H,3,8H2,1-2H3,(H,16,20)(H,19,21). The Hall–Kier alpha value is -2.21. The fraction of sp³-hybridized carbons (Fsp3) is 0.286. The molecule has 0 atom stereocenters. The molecule has 2 aromatic rings. The Morgan fingerprint density at radius 1 is 1.29 bits per heavy atom. The van der Waals surface area contributed by atoms with Crippen molar-refractivity contribution in [2.75, 3.05) is 11.9 Å². The van der Waals surface area contributed by atoms with Crippen molar-refractivity contribution in [2.45, 2.75) is 20.4 Å². The van der Waals surface area contributed by atoms with Crippen molar-refractivity contribution in [3.63, 3.8) is 0 Å². The molecule has 0 saturated heterocycles. The molecule has 2 N–H and O–H groups in total. The minimum Gasteiger partial charge on any atom is -0.370 e. The first-order valence-electron chi connectivity index (χ1n) is 6.56. The van der Waals surface area contributed by atoms with Crippen LogP contribution in [0.5, 0.6) is 0 Å². The highest BCUT2D eigenvalue weighted by Gasteiger charge is 2.13. The molecule has 0 saturated carbocycles. The maximum Gasteiger partial charge on any atom is 0.271 e. The molecule has 21 heavy (non-hydrogen) atoms. The van der Waals surface area contributed by atoms with Crippen LogP contribution in [-0.4, -0.2) is 27.4 Å². The first kappa shape index (κ1) is 15.2. The predicted molar refractivity (Wildman–Crippen MR) is 81.3 cm³/mol. The number of anilines is 1. The van der Waals surface area contributed by atoms with Crippen LogP contribution in [-0.2, 0) is 6.54 Å². The summed E-state index contributed by atoms with van der Waals surface area (Å²) in [5, 5.41) is 6.08. The van der Waals surface area contributed by atoms with Crippen molar-refractivity contribution < 1.29 is 4.79 Å². The molecule has 2 heterocycles. The van der Waals surface area contributed by atoms with Crippen LogP contribution in [0.1, 0.15) is 28.8 Å². The van der Waals surface area contributed by atoms with Crippen molar-refractivity contribution in [3.8, 4) is 0 Å². The molecule has 0 aliphatic rings. The van der Waals surface area contributed by atoms with E-state index < -0.39 is 0 Å². The quantitative estimate of drug-likeness (QED) is 0.885. The molecule has 2 aromatic heterocycles. The highest BCUT2D eigenvalue weighted by Crippen LogP contribution is 2.16. The monoisotopic (exact) mass is 305 g/mol. The summed E-state index contributed by atoms with van der Waals surface area (Å²) in [6, 6.07) is 3.38. The van der Waals surface area contributed by atoms with Crippen LogP contribution < -0.4 is 10.6 Å². The van der Waals surface area contributed by atoms with E-state index in [0.29, 0.717) is 23.1 Å². The topological polar surface area (TPSA) is 79.8 Å². The van der Waals surface area contributed by atoms with Crippen LogP contribution >= 0.6 is 11.6 Å². The zero-order valence-electron chi connectivity index (χ0n) is 11.9. The van der Waals surface area contributed by atoms with Crippen LogP contribution in [0.25, 0.3) is 0 Å². The lowest BCUT2D eigenvalue weighted by Crippen LogP contribution is -2.25. The molecule has 1 amide bonds. The fourth-order valence-electron chi connectivity index (χ4n) is 1.65. The van der Waals surface area contributed by atoms with Crippen LogP contribution in [0.2, 0.25) is 5.02 Å². The van der Waals surface area contributed by atoms with Gasteiger partial charge in [-0.1, -0.05) is 11.6 Å². The van der Waals surface area contributed by atoms with Crippen molar-refractivity contribution in [1.29, 1.82) is 0 Å². The van der Waals surface area contributed by atoms with Crippen molar-refractivity contribution in [3.05, 3.63) is 46.6 Å². The highest BCUT2D eigenvalue weighted by atomic mass is 35.5. The van der Waals surface area contributed by atoms with E-state index in [9.17, 15) is 4.79 Å². The number of amides is 1. The first-order chi connectivity index (χ1) is 10.1. The molecular formula is C14H16ClN5O. The molecule has 6 nitrogen and oxygen atoms in total. The van der Waals surface area contributed by atoms with E-state index in [2.05, 4.69) is 25.6 Å². The van der Waals surface area contributed by atoms with Gasteiger partial charge in [0, 0.05) is 12.7 Å². The Balaban J connectivity index is 2.05. The summed E-state index contributed by atoms with van der Waals surface area (Å²) >= 11 is 6.01. The maximum absolute atomic E-state index is 12.1. The molecule has 0 aliphatic carbocycles. The molecule has 0 spiro atoms. The Morgan fingerprint density at radius 2 is 2.10 bits per heavy atom. The Kier molecular flexibility index (Phi) is 5.05. The Bertz CT molecular complexity index is 630. The second-order valence-corrected chi connectivity index (χ2v) is 4.80. The van der Waals surface area contributed by atoms with Gasteiger partial charge in [-0.05, 0) is 26.0 Å². The Labute approximate surface area is 128 Å². The molecule has 0 bridgehead atoms. The molecule has 0 aliphatic heterocycles. The van der Waals surface area contributed by atoms with E-state index in [0.717, 1.165) is 5.69 Å². The second kappa shape index (κ2) is 6.99.